The number of amides is 1. The Balaban J connectivity index is 1.48. The number of rotatable bonds is 7. The summed E-state index contributed by atoms with van der Waals surface area (Å²) in [5, 5.41) is 2.87. The average molecular weight is 337 g/mol. The van der Waals surface area contributed by atoms with Gasteiger partial charge in [-0.15, -0.1) is 0 Å². The molecule has 0 saturated heterocycles. The van der Waals surface area contributed by atoms with Crippen molar-refractivity contribution in [3.63, 3.8) is 0 Å². The van der Waals surface area contributed by atoms with Gasteiger partial charge in [-0.25, -0.2) is 9.97 Å². The largest absolute Gasteiger partial charge is 0.481 e. The van der Waals surface area contributed by atoms with Crippen LogP contribution in [0.2, 0.25) is 0 Å². The number of nitrogens with one attached hydrogen (secondary N) is 1. The first-order chi connectivity index (χ1) is 12.2. The quantitative estimate of drug-likeness (QED) is 0.717. The maximum atomic E-state index is 12.0. The van der Waals surface area contributed by atoms with Crippen molar-refractivity contribution < 1.29 is 13.9 Å². The zero-order valence-electron chi connectivity index (χ0n) is 13.9. The Morgan fingerprint density at radius 1 is 1.20 bits per heavy atom. The molecule has 6 heteroatoms. The van der Waals surface area contributed by atoms with Crippen LogP contribution in [-0.4, -0.2) is 23.0 Å². The summed E-state index contributed by atoms with van der Waals surface area (Å²) >= 11 is 0. The number of aryl methyl sites for hydroxylation is 1. The molecule has 0 radical (unpaired) electrons. The van der Waals surface area contributed by atoms with Crippen LogP contribution in [0.3, 0.4) is 0 Å². The van der Waals surface area contributed by atoms with E-state index in [1.54, 1.807) is 25.6 Å². The number of hydrogen-bond acceptors (Lipinski definition) is 5. The van der Waals surface area contributed by atoms with Crippen LogP contribution < -0.4 is 10.1 Å². The Bertz CT molecular complexity index is 831. The molecule has 1 N–H and O–H groups in total. The molecule has 0 bridgehead atoms. The van der Waals surface area contributed by atoms with E-state index in [4.69, 9.17) is 9.15 Å². The van der Waals surface area contributed by atoms with Crippen LogP contribution in [0.15, 0.2) is 59.3 Å². The van der Waals surface area contributed by atoms with Crippen molar-refractivity contribution in [2.24, 2.45) is 0 Å². The van der Waals surface area contributed by atoms with Crippen LogP contribution in [0.1, 0.15) is 17.9 Å². The third kappa shape index (κ3) is 4.67. The summed E-state index contributed by atoms with van der Waals surface area (Å²) in [4.78, 5) is 20.3. The van der Waals surface area contributed by atoms with Crippen LogP contribution in [0.4, 0.5) is 0 Å². The van der Waals surface area contributed by atoms with Crippen LogP contribution in [0.5, 0.6) is 5.88 Å². The Labute approximate surface area is 145 Å². The van der Waals surface area contributed by atoms with Gasteiger partial charge in [0.2, 0.25) is 11.8 Å². The lowest BCUT2D eigenvalue weighted by Crippen LogP contribution is -2.23. The Hall–Kier alpha value is -3.15. The molecule has 0 fully saturated rings. The second-order valence-corrected chi connectivity index (χ2v) is 5.47. The maximum Gasteiger partial charge on any atom is 0.220 e. The molecule has 6 nitrogen and oxygen atoms in total. The molecule has 0 spiro atoms. The normalized spacial score (nSPS) is 10.4. The third-order valence-corrected chi connectivity index (χ3v) is 3.68. The number of aromatic nitrogens is 2. The molecular weight excluding hydrogens is 318 g/mol. The number of carbonyl (C=O) groups is 1. The number of nitrogens with zero attached hydrogens (tertiary/aromatic N) is 2. The van der Waals surface area contributed by atoms with Gasteiger partial charge >= 0.3 is 0 Å². The predicted octanol–water partition coefficient (Wildman–Crippen LogP) is 2.99. The van der Waals surface area contributed by atoms with Gasteiger partial charge in [0.25, 0.3) is 0 Å². The molecule has 0 aliphatic heterocycles. The average Bonchev–Trinajstić information content (AvgIpc) is 3.15. The van der Waals surface area contributed by atoms with Gasteiger partial charge in [-0.3, -0.25) is 4.79 Å². The van der Waals surface area contributed by atoms with E-state index in [2.05, 4.69) is 15.3 Å². The fourth-order valence-electron chi connectivity index (χ4n) is 2.34. The fourth-order valence-corrected chi connectivity index (χ4v) is 2.34. The van der Waals surface area contributed by atoms with Crippen molar-refractivity contribution in [3.05, 3.63) is 66.3 Å². The number of hydrogen-bond donors (Lipinski definition) is 1. The fraction of sp³-hybridized carbons (Fsp3) is 0.211. The van der Waals surface area contributed by atoms with E-state index in [0.717, 1.165) is 11.1 Å². The van der Waals surface area contributed by atoms with Gasteiger partial charge in [0.15, 0.2) is 11.7 Å². The molecule has 0 aliphatic rings. The van der Waals surface area contributed by atoms with Gasteiger partial charge in [-0.1, -0.05) is 30.3 Å². The van der Waals surface area contributed by atoms with E-state index in [1.165, 1.54) is 0 Å². The standard InChI is InChI=1S/C19H19N3O3/c1-24-19-11-14(9-10-20-19)12-21-17(23)7-8-18-22-13-16(25-18)15-5-3-2-4-6-15/h2-6,9-11,13H,7-8,12H2,1H3,(H,21,23). The number of oxazole rings is 1. The highest BCUT2D eigenvalue weighted by Gasteiger charge is 2.09. The van der Waals surface area contributed by atoms with Crippen molar-refractivity contribution >= 4 is 5.91 Å². The van der Waals surface area contributed by atoms with Crippen LogP contribution in [-0.2, 0) is 17.8 Å². The first-order valence-electron chi connectivity index (χ1n) is 8.00. The minimum absolute atomic E-state index is 0.0600. The van der Waals surface area contributed by atoms with Crippen molar-refractivity contribution in [1.29, 1.82) is 0 Å². The van der Waals surface area contributed by atoms with Gasteiger partial charge in [-0.2, -0.15) is 0 Å². The highest BCUT2D eigenvalue weighted by atomic mass is 16.5. The third-order valence-electron chi connectivity index (χ3n) is 3.68. The summed E-state index contributed by atoms with van der Waals surface area (Å²) in [6.45, 7) is 0.429. The van der Waals surface area contributed by atoms with Crippen LogP contribution in [0, 0.1) is 0 Å². The molecule has 0 saturated carbocycles. The molecule has 2 heterocycles. The predicted molar refractivity (Wildman–Crippen MR) is 92.9 cm³/mol. The molecule has 128 valence electrons. The molecule has 1 amide bonds. The molecule has 25 heavy (non-hydrogen) atoms. The monoisotopic (exact) mass is 337 g/mol. The first-order valence-corrected chi connectivity index (χ1v) is 8.00. The molecule has 0 unspecified atom stereocenters. The molecule has 3 aromatic rings. The lowest BCUT2D eigenvalue weighted by molar-refractivity contribution is -0.121. The van der Waals surface area contributed by atoms with Gasteiger partial charge in [0.05, 0.1) is 13.3 Å². The maximum absolute atomic E-state index is 12.0. The SMILES string of the molecule is COc1cc(CNC(=O)CCc2ncc(-c3ccccc3)o2)ccn1. The highest BCUT2D eigenvalue weighted by Crippen LogP contribution is 2.20. The number of methoxy groups -OCH3 is 1. The molecule has 1 aromatic carbocycles. The van der Waals surface area contributed by atoms with E-state index in [1.807, 2.05) is 36.4 Å². The summed E-state index contributed by atoms with van der Waals surface area (Å²) in [7, 11) is 1.56. The number of ether oxygens (including phenoxy) is 1. The summed E-state index contributed by atoms with van der Waals surface area (Å²) < 4.78 is 10.8. The zero-order chi connectivity index (χ0) is 17.5. The minimum atomic E-state index is -0.0600. The second-order valence-electron chi connectivity index (χ2n) is 5.47. The van der Waals surface area contributed by atoms with Crippen LogP contribution in [0.25, 0.3) is 11.3 Å². The van der Waals surface area contributed by atoms with Crippen LogP contribution >= 0.6 is 0 Å². The zero-order valence-corrected chi connectivity index (χ0v) is 13.9. The summed E-state index contributed by atoms with van der Waals surface area (Å²) in [6, 6.07) is 13.4. The number of pyridine rings is 1. The smallest absolute Gasteiger partial charge is 0.220 e. The van der Waals surface area contributed by atoms with Crippen molar-refractivity contribution in [1.82, 2.24) is 15.3 Å². The van der Waals surface area contributed by atoms with Crippen molar-refractivity contribution in [3.8, 4) is 17.2 Å². The lowest BCUT2D eigenvalue weighted by Gasteiger charge is -2.05. The van der Waals surface area contributed by atoms with Gasteiger partial charge in [0.1, 0.15) is 0 Å². The molecular formula is C19H19N3O3. The number of carbonyl (C=O) groups excluding carboxylic acids is 1. The summed E-state index contributed by atoms with van der Waals surface area (Å²) in [6.07, 6.45) is 4.11. The Morgan fingerprint density at radius 3 is 2.84 bits per heavy atom. The minimum Gasteiger partial charge on any atom is -0.481 e. The van der Waals surface area contributed by atoms with Gasteiger partial charge in [-0.05, 0) is 11.6 Å². The van der Waals surface area contributed by atoms with Crippen molar-refractivity contribution in [2.45, 2.75) is 19.4 Å². The molecule has 2 aromatic heterocycles. The van der Waals surface area contributed by atoms with E-state index < -0.39 is 0 Å². The summed E-state index contributed by atoms with van der Waals surface area (Å²) in [5.74, 6) is 1.73. The van der Waals surface area contributed by atoms with E-state index in [-0.39, 0.29) is 5.91 Å². The molecule has 0 aliphatic carbocycles. The van der Waals surface area contributed by atoms with E-state index >= 15 is 0 Å². The van der Waals surface area contributed by atoms with Crippen molar-refractivity contribution in [2.75, 3.05) is 7.11 Å². The summed E-state index contributed by atoms with van der Waals surface area (Å²) in [5.41, 5.74) is 1.90. The highest BCUT2D eigenvalue weighted by molar-refractivity contribution is 5.76. The lowest BCUT2D eigenvalue weighted by atomic mass is 10.2. The van der Waals surface area contributed by atoms with E-state index in [9.17, 15) is 4.79 Å². The Kier molecular flexibility index (Phi) is 5.41. The second kappa shape index (κ2) is 8.10. The molecule has 3 rings (SSSR count). The molecule has 0 atom stereocenters. The van der Waals surface area contributed by atoms with Gasteiger partial charge < -0.3 is 14.5 Å². The van der Waals surface area contributed by atoms with Gasteiger partial charge in [0, 0.05) is 37.2 Å². The number of benzene rings is 1. The Morgan fingerprint density at radius 2 is 2.04 bits per heavy atom. The topological polar surface area (TPSA) is 77.2 Å². The first kappa shape index (κ1) is 16.7. The van der Waals surface area contributed by atoms with E-state index in [0.29, 0.717) is 36.9 Å².